The van der Waals surface area contributed by atoms with Crippen molar-refractivity contribution in [3.8, 4) is 5.75 Å². The van der Waals surface area contributed by atoms with Crippen LogP contribution >= 0.6 is 0 Å². The van der Waals surface area contributed by atoms with Gasteiger partial charge < -0.3 is 10.1 Å². The number of anilines is 1. The largest absolute Gasteiger partial charge is 0.494 e. The number of fused-ring (bicyclic) bond motifs is 2. The monoisotopic (exact) mass is 301 g/mol. The molecule has 2 bridgehead atoms. The van der Waals surface area contributed by atoms with E-state index in [-0.39, 0.29) is 23.7 Å². The van der Waals surface area contributed by atoms with E-state index in [9.17, 15) is 9.59 Å². The predicted octanol–water partition coefficient (Wildman–Crippen LogP) is 3.42. The molecule has 4 heteroatoms. The molecule has 22 heavy (non-hydrogen) atoms. The van der Waals surface area contributed by atoms with Crippen molar-refractivity contribution in [2.45, 2.75) is 39.0 Å². The van der Waals surface area contributed by atoms with Gasteiger partial charge >= 0.3 is 0 Å². The Morgan fingerprint density at radius 1 is 1.18 bits per heavy atom. The molecule has 2 fully saturated rings. The van der Waals surface area contributed by atoms with Gasteiger partial charge in [-0.05, 0) is 56.9 Å². The number of hydrogen-bond donors (Lipinski definition) is 1. The minimum absolute atomic E-state index is 0.0282. The van der Waals surface area contributed by atoms with E-state index in [4.69, 9.17) is 4.74 Å². The quantitative estimate of drug-likeness (QED) is 0.927. The minimum atomic E-state index is -0.0282. The molecule has 3 rings (SSSR count). The third-order valence-electron chi connectivity index (χ3n) is 4.85. The number of carbonyl (C=O) groups is 2. The highest BCUT2D eigenvalue weighted by Crippen LogP contribution is 2.40. The number of hydrogen-bond acceptors (Lipinski definition) is 3. The van der Waals surface area contributed by atoms with Gasteiger partial charge in [0.1, 0.15) is 11.5 Å². The Kier molecular flexibility index (Phi) is 4.46. The molecule has 0 radical (unpaired) electrons. The molecule has 1 N–H and O–H groups in total. The summed E-state index contributed by atoms with van der Waals surface area (Å²) < 4.78 is 5.39. The molecule has 2 saturated carbocycles. The van der Waals surface area contributed by atoms with Crippen LogP contribution in [0, 0.1) is 17.8 Å². The van der Waals surface area contributed by atoms with Gasteiger partial charge in [0.15, 0.2) is 0 Å². The van der Waals surface area contributed by atoms with Crippen molar-refractivity contribution >= 4 is 17.4 Å². The highest BCUT2D eigenvalue weighted by atomic mass is 16.5. The standard InChI is InChI=1S/C18H23NO3/c1-2-22-16-8-6-15(7-9-16)19-18(21)14-10-12-4-3-5-13(11-14)17(12)20/h6-9,12-14H,2-5,10-11H2,1H3,(H,19,21)/t12-,13-/m0/s1. The van der Waals surface area contributed by atoms with Crippen LogP contribution < -0.4 is 10.1 Å². The number of rotatable bonds is 4. The summed E-state index contributed by atoms with van der Waals surface area (Å²) in [7, 11) is 0. The van der Waals surface area contributed by atoms with Gasteiger partial charge in [0.2, 0.25) is 5.91 Å². The average molecular weight is 301 g/mol. The van der Waals surface area contributed by atoms with Crippen molar-refractivity contribution in [3.05, 3.63) is 24.3 Å². The maximum absolute atomic E-state index is 12.5. The number of Topliss-reactive ketones (excluding diaryl/α,β-unsaturated/α-hetero) is 1. The molecule has 118 valence electrons. The van der Waals surface area contributed by atoms with Crippen LogP contribution in [0.25, 0.3) is 0 Å². The molecule has 0 aliphatic heterocycles. The summed E-state index contributed by atoms with van der Waals surface area (Å²) in [6, 6.07) is 7.44. The zero-order valence-electron chi connectivity index (χ0n) is 13.0. The van der Waals surface area contributed by atoms with Crippen LogP contribution in [0.1, 0.15) is 39.0 Å². The fourth-order valence-electron chi connectivity index (χ4n) is 3.74. The van der Waals surface area contributed by atoms with Crippen LogP contribution in [0.2, 0.25) is 0 Å². The van der Waals surface area contributed by atoms with Gasteiger partial charge in [-0.2, -0.15) is 0 Å². The molecule has 2 aliphatic carbocycles. The molecule has 0 spiro atoms. The molecule has 2 aliphatic rings. The first kappa shape index (κ1) is 15.1. The van der Waals surface area contributed by atoms with E-state index in [1.165, 1.54) is 0 Å². The first-order valence-corrected chi connectivity index (χ1v) is 8.25. The Morgan fingerprint density at radius 2 is 1.82 bits per heavy atom. The maximum atomic E-state index is 12.5. The third-order valence-corrected chi connectivity index (χ3v) is 4.85. The number of nitrogens with one attached hydrogen (secondary N) is 1. The van der Waals surface area contributed by atoms with E-state index in [2.05, 4.69) is 5.32 Å². The highest BCUT2D eigenvalue weighted by Gasteiger charge is 2.41. The van der Waals surface area contributed by atoms with Gasteiger partial charge in [-0.15, -0.1) is 0 Å². The zero-order chi connectivity index (χ0) is 15.5. The Labute approximate surface area is 131 Å². The first-order valence-electron chi connectivity index (χ1n) is 8.25. The molecular formula is C18H23NO3. The van der Waals surface area contributed by atoms with Crippen LogP contribution in [0.15, 0.2) is 24.3 Å². The molecule has 1 aromatic carbocycles. The number of amides is 1. The molecule has 0 aromatic heterocycles. The summed E-state index contributed by atoms with van der Waals surface area (Å²) in [5, 5.41) is 2.98. The fourth-order valence-corrected chi connectivity index (χ4v) is 3.74. The van der Waals surface area contributed by atoms with Crippen molar-refractivity contribution < 1.29 is 14.3 Å². The molecule has 4 nitrogen and oxygen atoms in total. The lowest BCUT2D eigenvalue weighted by atomic mass is 9.67. The van der Waals surface area contributed by atoms with Crippen LogP contribution in [-0.4, -0.2) is 18.3 Å². The number of ketones is 1. The molecule has 0 heterocycles. The molecule has 1 aromatic rings. The molecule has 0 unspecified atom stereocenters. The SMILES string of the molecule is CCOc1ccc(NC(=O)C2C[C@@H]3CCC[C@@H](C2)C3=O)cc1. The summed E-state index contributed by atoms with van der Waals surface area (Å²) in [6.45, 7) is 2.57. The Balaban J connectivity index is 1.61. The lowest BCUT2D eigenvalue weighted by molar-refractivity contribution is -0.136. The van der Waals surface area contributed by atoms with Gasteiger partial charge in [0, 0.05) is 23.4 Å². The number of benzene rings is 1. The van der Waals surface area contributed by atoms with E-state index in [1.54, 1.807) is 0 Å². The van der Waals surface area contributed by atoms with Gasteiger partial charge in [0.25, 0.3) is 0 Å². The minimum Gasteiger partial charge on any atom is -0.494 e. The van der Waals surface area contributed by atoms with Crippen LogP contribution in [0.5, 0.6) is 5.75 Å². The highest BCUT2D eigenvalue weighted by molar-refractivity contribution is 5.95. The Morgan fingerprint density at radius 3 is 2.41 bits per heavy atom. The Bertz CT molecular complexity index is 536. The number of carbonyl (C=O) groups excluding carboxylic acids is 2. The topological polar surface area (TPSA) is 55.4 Å². The lowest BCUT2D eigenvalue weighted by Crippen LogP contribution is -2.40. The van der Waals surface area contributed by atoms with Crippen molar-refractivity contribution in [2.24, 2.45) is 17.8 Å². The molecule has 1 amide bonds. The van der Waals surface area contributed by atoms with E-state index in [1.807, 2.05) is 31.2 Å². The summed E-state index contributed by atoms with van der Waals surface area (Å²) in [6.07, 6.45) is 4.50. The smallest absolute Gasteiger partial charge is 0.227 e. The summed E-state index contributed by atoms with van der Waals surface area (Å²) in [5.41, 5.74) is 0.788. The first-order chi connectivity index (χ1) is 10.7. The van der Waals surface area contributed by atoms with E-state index >= 15 is 0 Å². The number of ether oxygens (including phenoxy) is 1. The summed E-state index contributed by atoms with van der Waals surface area (Å²) in [4.78, 5) is 24.5. The second-order valence-corrected chi connectivity index (χ2v) is 6.34. The Hall–Kier alpha value is -1.84. The predicted molar refractivity (Wildman–Crippen MR) is 84.8 cm³/mol. The normalized spacial score (nSPS) is 27.3. The maximum Gasteiger partial charge on any atom is 0.227 e. The van der Waals surface area contributed by atoms with E-state index in [0.717, 1.165) is 43.5 Å². The van der Waals surface area contributed by atoms with Crippen molar-refractivity contribution in [2.75, 3.05) is 11.9 Å². The summed E-state index contributed by atoms with van der Waals surface area (Å²) in [5.74, 6) is 1.45. The summed E-state index contributed by atoms with van der Waals surface area (Å²) >= 11 is 0. The second kappa shape index (κ2) is 6.51. The van der Waals surface area contributed by atoms with Gasteiger partial charge in [-0.3, -0.25) is 9.59 Å². The van der Waals surface area contributed by atoms with Crippen LogP contribution in [0.3, 0.4) is 0 Å². The average Bonchev–Trinajstić information content (AvgIpc) is 2.49. The van der Waals surface area contributed by atoms with Gasteiger partial charge in [0.05, 0.1) is 6.61 Å². The second-order valence-electron chi connectivity index (χ2n) is 6.34. The zero-order valence-corrected chi connectivity index (χ0v) is 13.0. The van der Waals surface area contributed by atoms with Crippen molar-refractivity contribution in [3.63, 3.8) is 0 Å². The van der Waals surface area contributed by atoms with Crippen LogP contribution in [0.4, 0.5) is 5.69 Å². The molecule has 2 atom stereocenters. The molecule has 0 saturated heterocycles. The molecular weight excluding hydrogens is 278 g/mol. The van der Waals surface area contributed by atoms with Crippen molar-refractivity contribution in [1.29, 1.82) is 0 Å². The van der Waals surface area contributed by atoms with Gasteiger partial charge in [-0.1, -0.05) is 6.42 Å². The van der Waals surface area contributed by atoms with Gasteiger partial charge in [-0.25, -0.2) is 0 Å². The lowest BCUT2D eigenvalue weighted by Gasteiger charge is -2.36. The fraction of sp³-hybridized carbons (Fsp3) is 0.556. The van der Waals surface area contributed by atoms with E-state index in [0.29, 0.717) is 12.4 Å². The van der Waals surface area contributed by atoms with E-state index < -0.39 is 0 Å². The van der Waals surface area contributed by atoms with Crippen molar-refractivity contribution in [1.82, 2.24) is 0 Å². The van der Waals surface area contributed by atoms with Crippen LogP contribution in [-0.2, 0) is 9.59 Å². The third kappa shape index (κ3) is 3.16.